The highest BCUT2D eigenvalue weighted by molar-refractivity contribution is 9.09. The highest BCUT2D eigenvalue weighted by Gasteiger charge is 2.39. The average Bonchev–Trinajstić information content (AvgIpc) is 2.63. The number of rotatable bonds is 5. The van der Waals surface area contributed by atoms with Gasteiger partial charge in [0.05, 0.1) is 0 Å². The van der Waals surface area contributed by atoms with Gasteiger partial charge in [0.15, 0.2) is 18.3 Å². The molecular weight excluding hydrogens is 322 g/mol. The van der Waals surface area contributed by atoms with E-state index >= 15 is 0 Å². The first kappa shape index (κ1) is 15.5. The van der Waals surface area contributed by atoms with Crippen LogP contribution in [-0.4, -0.2) is 41.5 Å². The van der Waals surface area contributed by atoms with Crippen LogP contribution < -0.4 is 5.73 Å². The van der Waals surface area contributed by atoms with Crippen molar-refractivity contribution in [3.8, 4) is 0 Å². The first-order valence-corrected chi connectivity index (χ1v) is 6.56. The molecule has 1 aliphatic rings. The summed E-state index contributed by atoms with van der Waals surface area (Å²) in [6, 6.07) is 0. The molecule has 0 aromatic heterocycles. The van der Waals surface area contributed by atoms with Crippen LogP contribution in [0.5, 0.6) is 0 Å². The number of cyclic esters (lactones) is 1. The number of ether oxygens (including phenoxy) is 3. The quantitative estimate of drug-likeness (QED) is 0.428. The number of alkyl halides is 1. The van der Waals surface area contributed by atoms with Crippen LogP contribution in [-0.2, 0) is 28.6 Å². The second-order valence-electron chi connectivity index (χ2n) is 3.87. The lowest BCUT2D eigenvalue weighted by atomic mass is 10.1. The molecule has 0 fully saturated rings. The normalized spacial score (nSPS) is 21.1. The molecule has 0 saturated heterocycles. The predicted octanol–water partition coefficient (Wildman–Crippen LogP) is 0.0127. The van der Waals surface area contributed by atoms with Crippen LogP contribution in [0, 0.1) is 0 Å². The molecule has 0 amide bonds. The Labute approximate surface area is 118 Å². The van der Waals surface area contributed by atoms with Crippen molar-refractivity contribution in [1.82, 2.24) is 0 Å². The van der Waals surface area contributed by atoms with Crippen molar-refractivity contribution in [2.24, 2.45) is 5.73 Å². The van der Waals surface area contributed by atoms with Crippen molar-refractivity contribution in [1.29, 1.82) is 0 Å². The fourth-order valence-corrected chi connectivity index (χ4v) is 2.08. The second kappa shape index (κ2) is 6.55. The molecule has 1 aliphatic heterocycles. The van der Waals surface area contributed by atoms with Crippen LogP contribution in [0.1, 0.15) is 13.8 Å². The summed E-state index contributed by atoms with van der Waals surface area (Å²) in [6.07, 6.45) is -1.29. The van der Waals surface area contributed by atoms with Gasteiger partial charge >= 0.3 is 17.9 Å². The Kier molecular flexibility index (Phi) is 5.34. The van der Waals surface area contributed by atoms with Crippen molar-refractivity contribution < 1.29 is 28.6 Å². The second-order valence-corrected chi connectivity index (χ2v) is 4.52. The molecule has 3 atom stereocenters. The van der Waals surface area contributed by atoms with Gasteiger partial charge in [-0.25, -0.2) is 4.79 Å². The van der Waals surface area contributed by atoms with E-state index in [1.54, 1.807) is 0 Å². The molecule has 1 rings (SSSR count). The molecule has 0 saturated carbocycles. The van der Waals surface area contributed by atoms with E-state index in [1.165, 1.54) is 19.9 Å². The molecular formula is C11H14BrNO6. The van der Waals surface area contributed by atoms with Gasteiger partial charge in [0.1, 0.15) is 5.70 Å². The van der Waals surface area contributed by atoms with E-state index in [1.807, 2.05) is 0 Å². The lowest BCUT2D eigenvalue weighted by Crippen LogP contribution is -2.43. The van der Waals surface area contributed by atoms with E-state index in [4.69, 9.17) is 19.9 Å². The van der Waals surface area contributed by atoms with Crippen LogP contribution >= 0.6 is 15.9 Å². The summed E-state index contributed by atoms with van der Waals surface area (Å²) in [5.41, 5.74) is 5.34. The molecule has 0 spiro atoms. The number of halogens is 1. The maximum atomic E-state index is 11.2. The Morgan fingerprint density at radius 3 is 2.37 bits per heavy atom. The Bertz CT molecular complexity index is 421. The molecule has 2 N–H and O–H groups in total. The zero-order valence-electron chi connectivity index (χ0n) is 10.4. The smallest absolute Gasteiger partial charge is 0.354 e. The maximum absolute atomic E-state index is 11.2. The molecule has 0 aliphatic carbocycles. The maximum Gasteiger partial charge on any atom is 0.354 e. The lowest BCUT2D eigenvalue weighted by molar-refractivity contribution is -0.174. The number of carbonyl (C=O) groups is 3. The third kappa shape index (κ3) is 4.23. The van der Waals surface area contributed by atoms with Crippen molar-refractivity contribution in [2.75, 3.05) is 5.33 Å². The van der Waals surface area contributed by atoms with E-state index in [2.05, 4.69) is 15.9 Å². The Hall–Kier alpha value is -1.57. The minimum Gasteiger partial charge on any atom is -0.458 e. The van der Waals surface area contributed by atoms with Gasteiger partial charge < -0.3 is 19.9 Å². The van der Waals surface area contributed by atoms with Crippen LogP contribution in [0.2, 0.25) is 0 Å². The molecule has 8 heteroatoms. The molecule has 0 unspecified atom stereocenters. The number of carbonyl (C=O) groups excluding carboxylic acids is 3. The molecule has 7 nitrogen and oxygen atoms in total. The highest BCUT2D eigenvalue weighted by Crippen LogP contribution is 2.21. The molecule has 0 radical (unpaired) electrons. The number of hydrogen-bond acceptors (Lipinski definition) is 7. The number of hydrogen-bond donors (Lipinski definition) is 1. The Morgan fingerprint density at radius 1 is 1.42 bits per heavy atom. The van der Waals surface area contributed by atoms with Gasteiger partial charge in [0.25, 0.3) is 0 Å². The minimum atomic E-state index is -0.953. The highest BCUT2D eigenvalue weighted by atomic mass is 79.9. The van der Waals surface area contributed by atoms with Gasteiger partial charge in [-0.05, 0) is 6.08 Å². The van der Waals surface area contributed by atoms with Crippen molar-refractivity contribution >= 4 is 33.8 Å². The fourth-order valence-electron chi connectivity index (χ4n) is 1.58. The lowest BCUT2D eigenvalue weighted by Gasteiger charge is -2.27. The van der Waals surface area contributed by atoms with E-state index in [9.17, 15) is 14.4 Å². The molecule has 0 aromatic carbocycles. The van der Waals surface area contributed by atoms with Gasteiger partial charge in [-0.3, -0.25) is 9.59 Å². The van der Waals surface area contributed by atoms with Crippen molar-refractivity contribution in [3.63, 3.8) is 0 Å². The van der Waals surface area contributed by atoms with Gasteiger partial charge in [0.2, 0.25) is 0 Å². The van der Waals surface area contributed by atoms with Gasteiger partial charge in [-0.2, -0.15) is 0 Å². The minimum absolute atomic E-state index is 0.0710. The summed E-state index contributed by atoms with van der Waals surface area (Å²) >= 11 is 3.15. The Balaban J connectivity index is 2.90. The monoisotopic (exact) mass is 335 g/mol. The van der Waals surface area contributed by atoms with E-state index < -0.39 is 36.2 Å². The number of esters is 3. The van der Waals surface area contributed by atoms with E-state index in [0.717, 1.165) is 0 Å². The molecule has 106 valence electrons. The third-order valence-corrected chi connectivity index (χ3v) is 2.92. The van der Waals surface area contributed by atoms with Crippen LogP contribution in [0.15, 0.2) is 11.8 Å². The molecule has 1 heterocycles. The molecule has 0 aromatic rings. The molecule has 19 heavy (non-hydrogen) atoms. The SMILES string of the molecule is CC(=O)O[C@@H]([C@H]1C=C(N)C(=O)O1)[C@@H](CBr)OC(C)=O. The summed E-state index contributed by atoms with van der Waals surface area (Å²) in [6.45, 7) is 2.43. The zero-order chi connectivity index (χ0) is 14.6. The van der Waals surface area contributed by atoms with Crippen molar-refractivity contribution in [2.45, 2.75) is 32.2 Å². The zero-order valence-corrected chi connectivity index (χ0v) is 12.0. The summed E-state index contributed by atoms with van der Waals surface area (Å²) in [4.78, 5) is 33.4. The van der Waals surface area contributed by atoms with Gasteiger partial charge in [-0.15, -0.1) is 0 Å². The predicted molar refractivity (Wildman–Crippen MR) is 67.1 cm³/mol. The molecule has 0 bridgehead atoms. The van der Waals surface area contributed by atoms with Gasteiger partial charge in [0, 0.05) is 19.2 Å². The summed E-state index contributed by atoms with van der Waals surface area (Å²) in [7, 11) is 0. The average molecular weight is 336 g/mol. The first-order chi connectivity index (χ1) is 8.85. The first-order valence-electron chi connectivity index (χ1n) is 5.43. The summed E-state index contributed by atoms with van der Waals surface area (Å²) < 4.78 is 15.0. The van der Waals surface area contributed by atoms with Crippen LogP contribution in [0.4, 0.5) is 0 Å². The van der Waals surface area contributed by atoms with Crippen LogP contribution in [0.25, 0.3) is 0 Å². The summed E-state index contributed by atoms with van der Waals surface area (Å²) in [5, 5.41) is 0.215. The number of nitrogens with two attached hydrogens (primary N) is 1. The fraction of sp³-hybridized carbons (Fsp3) is 0.545. The van der Waals surface area contributed by atoms with Crippen molar-refractivity contribution in [3.05, 3.63) is 11.8 Å². The topological polar surface area (TPSA) is 105 Å². The van der Waals surface area contributed by atoms with Crippen LogP contribution in [0.3, 0.4) is 0 Å². The summed E-state index contributed by atoms with van der Waals surface area (Å²) in [5.74, 6) is -1.82. The van der Waals surface area contributed by atoms with Gasteiger partial charge in [-0.1, -0.05) is 15.9 Å². The van der Waals surface area contributed by atoms with E-state index in [0.29, 0.717) is 0 Å². The largest absolute Gasteiger partial charge is 0.458 e. The standard InChI is InChI=1S/C11H14BrNO6/c1-5(14)17-9(4-12)10(18-6(2)15)8-3-7(13)11(16)19-8/h3,8-10H,4,13H2,1-2H3/t8-,9-,10+/m1/s1. The Morgan fingerprint density at radius 2 is 2.00 bits per heavy atom. The third-order valence-electron chi connectivity index (χ3n) is 2.28. The van der Waals surface area contributed by atoms with E-state index in [-0.39, 0.29) is 11.0 Å².